The van der Waals surface area contributed by atoms with Crippen molar-refractivity contribution in [2.24, 2.45) is 0 Å². The number of rotatable bonds is 1. The maximum absolute atomic E-state index is 6.53. The van der Waals surface area contributed by atoms with Crippen molar-refractivity contribution in [3.05, 3.63) is 57.8 Å². The smallest absolute Gasteiger partial charge is 0.100 e. The molecule has 0 radical (unpaired) electrons. The molecule has 1 heterocycles. The van der Waals surface area contributed by atoms with Crippen molar-refractivity contribution in [1.82, 2.24) is 9.55 Å². The number of halogens is 2. The van der Waals surface area contributed by atoms with E-state index in [-0.39, 0.29) is 10.8 Å². The molecule has 0 fully saturated rings. The summed E-state index contributed by atoms with van der Waals surface area (Å²) < 4.78 is 2.02. The van der Waals surface area contributed by atoms with Crippen molar-refractivity contribution in [1.29, 1.82) is 0 Å². The van der Waals surface area contributed by atoms with Crippen LogP contribution in [0.3, 0.4) is 0 Å². The normalized spacial score (nSPS) is 12.8. The molecule has 0 amide bonds. The van der Waals surface area contributed by atoms with E-state index in [2.05, 4.69) is 70.8 Å². The first-order valence-corrected chi connectivity index (χ1v) is 9.21. The average molecular weight is 375 g/mol. The molecule has 132 valence electrons. The van der Waals surface area contributed by atoms with Crippen LogP contribution in [0, 0.1) is 0 Å². The van der Waals surface area contributed by atoms with Crippen LogP contribution < -0.4 is 0 Å². The number of aromatic nitrogens is 2. The van der Waals surface area contributed by atoms with E-state index in [4.69, 9.17) is 23.2 Å². The molecule has 0 aliphatic carbocycles. The van der Waals surface area contributed by atoms with Gasteiger partial charge in [-0.15, -0.1) is 0 Å². The van der Waals surface area contributed by atoms with Gasteiger partial charge in [-0.05, 0) is 46.2 Å². The monoisotopic (exact) mass is 374 g/mol. The number of hydrogen-bond acceptors (Lipinski definition) is 1. The summed E-state index contributed by atoms with van der Waals surface area (Å²) in [7, 11) is 0. The predicted molar refractivity (Wildman–Crippen MR) is 108 cm³/mol. The largest absolute Gasteiger partial charge is 0.297 e. The van der Waals surface area contributed by atoms with E-state index in [0.29, 0.717) is 10.0 Å². The Morgan fingerprint density at radius 3 is 2.08 bits per heavy atom. The summed E-state index contributed by atoms with van der Waals surface area (Å²) in [5.74, 6) is 0. The quantitative estimate of drug-likeness (QED) is 0.451. The van der Waals surface area contributed by atoms with Crippen molar-refractivity contribution in [2.75, 3.05) is 0 Å². The molecule has 0 unspecified atom stereocenters. The Labute approximate surface area is 159 Å². The van der Waals surface area contributed by atoms with Crippen LogP contribution in [0.2, 0.25) is 10.0 Å². The van der Waals surface area contributed by atoms with Gasteiger partial charge in [0, 0.05) is 0 Å². The van der Waals surface area contributed by atoms with Gasteiger partial charge in [0.15, 0.2) is 0 Å². The fourth-order valence-corrected chi connectivity index (χ4v) is 3.27. The zero-order valence-electron chi connectivity index (χ0n) is 15.6. The van der Waals surface area contributed by atoms with E-state index in [9.17, 15) is 0 Å². The van der Waals surface area contributed by atoms with E-state index in [1.165, 1.54) is 5.56 Å². The molecule has 4 heteroatoms. The second kappa shape index (κ2) is 6.03. The highest BCUT2D eigenvalue weighted by atomic mass is 35.5. The van der Waals surface area contributed by atoms with Crippen LogP contribution in [-0.4, -0.2) is 9.55 Å². The SMILES string of the molecule is CC(C)(C)c1cc(Cl)c(Cl)c(-n2cnc3cc(C(C)(C)C)ccc32)c1. The molecule has 3 rings (SSSR count). The highest BCUT2D eigenvalue weighted by Gasteiger charge is 2.20. The molecule has 0 bridgehead atoms. The Kier molecular flexibility index (Phi) is 4.41. The first-order chi connectivity index (χ1) is 11.5. The zero-order valence-corrected chi connectivity index (χ0v) is 17.1. The minimum atomic E-state index is -0.0151. The van der Waals surface area contributed by atoms with Crippen molar-refractivity contribution >= 4 is 34.2 Å². The van der Waals surface area contributed by atoms with Crippen LogP contribution in [0.15, 0.2) is 36.7 Å². The number of benzene rings is 2. The number of imidazole rings is 1. The van der Waals surface area contributed by atoms with Crippen LogP contribution in [0.25, 0.3) is 16.7 Å². The van der Waals surface area contributed by atoms with E-state index in [0.717, 1.165) is 22.3 Å². The lowest BCUT2D eigenvalue weighted by molar-refractivity contribution is 0.589. The van der Waals surface area contributed by atoms with Crippen LogP contribution in [0.4, 0.5) is 0 Å². The Morgan fingerprint density at radius 2 is 1.48 bits per heavy atom. The first kappa shape index (κ1) is 18.3. The molecule has 25 heavy (non-hydrogen) atoms. The fourth-order valence-electron chi connectivity index (χ4n) is 2.85. The Bertz CT molecular complexity index is 941. The molecule has 0 spiro atoms. The molecule has 0 N–H and O–H groups in total. The molecule has 0 saturated carbocycles. The highest BCUT2D eigenvalue weighted by molar-refractivity contribution is 6.43. The maximum atomic E-state index is 6.53. The van der Waals surface area contributed by atoms with Gasteiger partial charge in [-0.3, -0.25) is 4.57 Å². The summed E-state index contributed by atoms with van der Waals surface area (Å²) >= 11 is 12.9. The molecule has 2 nitrogen and oxygen atoms in total. The summed E-state index contributed by atoms with van der Waals surface area (Å²) in [5, 5.41) is 1.12. The third-order valence-electron chi connectivity index (χ3n) is 4.55. The van der Waals surface area contributed by atoms with Gasteiger partial charge < -0.3 is 0 Å². The lowest BCUT2D eigenvalue weighted by Crippen LogP contribution is -2.12. The Hall–Kier alpha value is -1.51. The van der Waals surface area contributed by atoms with Crippen molar-refractivity contribution in [3.63, 3.8) is 0 Å². The molecule has 0 saturated heterocycles. The number of fused-ring (bicyclic) bond motifs is 1. The lowest BCUT2D eigenvalue weighted by Gasteiger charge is -2.22. The van der Waals surface area contributed by atoms with Crippen LogP contribution in [0.5, 0.6) is 0 Å². The van der Waals surface area contributed by atoms with E-state index < -0.39 is 0 Å². The second-order valence-electron chi connectivity index (χ2n) is 8.61. The number of nitrogens with zero attached hydrogens (tertiary/aromatic N) is 2. The van der Waals surface area contributed by atoms with Gasteiger partial charge in [0.2, 0.25) is 0 Å². The Balaban J connectivity index is 2.22. The molecule has 0 atom stereocenters. The average Bonchev–Trinajstić information content (AvgIpc) is 2.91. The molecule has 2 aromatic carbocycles. The van der Waals surface area contributed by atoms with Crippen molar-refractivity contribution < 1.29 is 0 Å². The highest BCUT2D eigenvalue weighted by Crippen LogP contribution is 2.36. The van der Waals surface area contributed by atoms with Gasteiger partial charge in [0.1, 0.15) is 6.33 Å². The van der Waals surface area contributed by atoms with Crippen molar-refractivity contribution in [2.45, 2.75) is 52.4 Å². The molecule has 3 aromatic rings. The summed E-state index contributed by atoms with van der Waals surface area (Å²) in [6, 6.07) is 10.5. The summed E-state index contributed by atoms with van der Waals surface area (Å²) in [5.41, 5.74) is 5.33. The first-order valence-electron chi connectivity index (χ1n) is 8.46. The standard InChI is InChI=1S/C21H24Cl2N2/c1-20(2,3)13-7-8-17-16(10-13)24-12-25(17)18-11-14(21(4,5)6)9-15(22)19(18)23/h7-12H,1-6H3. The van der Waals surface area contributed by atoms with Crippen molar-refractivity contribution in [3.8, 4) is 5.69 Å². The minimum absolute atomic E-state index is 0.0151. The van der Waals surface area contributed by atoms with Crippen LogP contribution in [0.1, 0.15) is 52.7 Å². The van der Waals surface area contributed by atoms with Gasteiger partial charge in [-0.1, -0.05) is 70.8 Å². The third kappa shape index (κ3) is 3.43. The lowest BCUT2D eigenvalue weighted by atomic mass is 9.86. The van der Waals surface area contributed by atoms with Crippen LogP contribution in [-0.2, 0) is 10.8 Å². The summed E-state index contributed by atoms with van der Waals surface area (Å²) in [4.78, 5) is 4.59. The molecular weight excluding hydrogens is 351 g/mol. The molecular formula is C21H24Cl2N2. The fraction of sp³-hybridized carbons (Fsp3) is 0.381. The maximum Gasteiger partial charge on any atom is 0.100 e. The van der Waals surface area contributed by atoms with E-state index >= 15 is 0 Å². The van der Waals surface area contributed by atoms with Gasteiger partial charge >= 0.3 is 0 Å². The number of hydrogen-bond donors (Lipinski definition) is 0. The van der Waals surface area contributed by atoms with Gasteiger partial charge in [0.25, 0.3) is 0 Å². The summed E-state index contributed by atoms with van der Waals surface area (Å²) in [6.07, 6.45) is 1.82. The minimum Gasteiger partial charge on any atom is -0.297 e. The zero-order chi connectivity index (χ0) is 18.6. The molecule has 1 aromatic heterocycles. The molecule has 0 aliphatic rings. The Morgan fingerprint density at radius 1 is 0.840 bits per heavy atom. The third-order valence-corrected chi connectivity index (χ3v) is 5.34. The van der Waals surface area contributed by atoms with Gasteiger partial charge in [-0.2, -0.15) is 0 Å². The van der Waals surface area contributed by atoms with Gasteiger partial charge in [-0.25, -0.2) is 4.98 Å². The summed E-state index contributed by atoms with van der Waals surface area (Å²) in [6.45, 7) is 13.1. The van der Waals surface area contributed by atoms with E-state index in [1.54, 1.807) is 0 Å². The van der Waals surface area contributed by atoms with Gasteiger partial charge in [0.05, 0.1) is 26.8 Å². The molecule has 0 aliphatic heterocycles. The predicted octanol–water partition coefficient (Wildman–Crippen LogP) is 6.93. The van der Waals surface area contributed by atoms with E-state index in [1.807, 2.05) is 17.0 Å². The van der Waals surface area contributed by atoms with Crippen LogP contribution >= 0.6 is 23.2 Å². The second-order valence-corrected chi connectivity index (χ2v) is 9.39. The topological polar surface area (TPSA) is 17.8 Å².